The molecular weight excluding hydrogens is 468 g/mol. The van der Waals surface area contributed by atoms with Gasteiger partial charge in [-0.25, -0.2) is 0 Å². The monoisotopic (exact) mass is 498 g/mol. The van der Waals surface area contributed by atoms with Gasteiger partial charge in [0.1, 0.15) is 11.4 Å². The molecule has 9 nitrogen and oxygen atoms in total. The molecule has 0 bridgehead atoms. The number of methoxy groups -OCH3 is 1. The van der Waals surface area contributed by atoms with Crippen LogP contribution in [0.25, 0.3) is 11.3 Å². The van der Waals surface area contributed by atoms with Gasteiger partial charge in [-0.3, -0.25) is 19.4 Å². The van der Waals surface area contributed by atoms with Crippen molar-refractivity contribution in [2.45, 2.75) is 25.9 Å². The van der Waals surface area contributed by atoms with E-state index < -0.39 is 0 Å². The maximum atomic E-state index is 13.4. The van der Waals surface area contributed by atoms with Gasteiger partial charge in [-0.1, -0.05) is 42.5 Å². The molecule has 9 heteroatoms. The molecule has 0 saturated heterocycles. The Morgan fingerprint density at radius 3 is 2.54 bits per heavy atom. The number of rotatable bonds is 7. The number of nitrogens with one attached hydrogen (secondary N) is 1. The molecule has 5 rings (SSSR count). The van der Waals surface area contributed by atoms with Crippen molar-refractivity contribution in [2.75, 3.05) is 27.7 Å². The number of nitrogens with zero attached hydrogens (tertiary/aromatic N) is 5. The highest BCUT2D eigenvalue weighted by Crippen LogP contribution is 2.26. The maximum absolute atomic E-state index is 13.4. The Morgan fingerprint density at radius 2 is 1.84 bits per heavy atom. The van der Waals surface area contributed by atoms with Crippen molar-refractivity contribution in [1.82, 2.24) is 29.8 Å². The summed E-state index contributed by atoms with van der Waals surface area (Å²) in [5.41, 5.74) is 5.48. The number of aromatic amines is 1. The lowest BCUT2D eigenvalue weighted by Crippen LogP contribution is -2.37. The van der Waals surface area contributed by atoms with Crippen molar-refractivity contribution in [3.63, 3.8) is 0 Å². The van der Waals surface area contributed by atoms with Crippen molar-refractivity contribution in [3.8, 4) is 17.0 Å². The van der Waals surface area contributed by atoms with E-state index in [9.17, 15) is 9.59 Å². The molecule has 0 saturated carbocycles. The Kier molecular flexibility index (Phi) is 6.76. The van der Waals surface area contributed by atoms with Crippen LogP contribution in [0.4, 0.5) is 0 Å². The van der Waals surface area contributed by atoms with Gasteiger partial charge in [-0.2, -0.15) is 10.2 Å². The average molecular weight is 499 g/mol. The van der Waals surface area contributed by atoms with Crippen molar-refractivity contribution in [2.24, 2.45) is 0 Å². The van der Waals surface area contributed by atoms with Crippen LogP contribution in [0, 0.1) is 0 Å². The molecule has 0 unspecified atom stereocenters. The fraction of sp³-hybridized carbons (Fsp3) is 0.286. The van der Waals surface area contributed by atoms with Crippen LogP contribution in [0.3, 0.4) is 0 Å². The summed E-state index contributed by atoms with van der Waals surface area (Å²) in [7, 11) is 5.08. The third-order valence-corrected chi connectivity index (χ3v) is 6.68. The SMILES string of the molecule is COc1ccc(CCn2nc(C(=O)N(C)C)c3c2CCN(C(=O)c2cc(-c4ccccc4)n[nH]2)C3)cc1. The Balaban J connectivity index is 1.37. The lowest BCUT2D eigenvalue weighted by atomic mass is 10.0. The number of amides is 2. The number of aromatic nitrogens is 4. The Labute approximate surface area is 215 Å². The van der Waals surface area contributed by atoms with Gasteiger partial charge in [0.2, 0.25) is 0 Å². The first-order valence-corrected chi connectivity index (χ1v) is 12.3. The largest absolute Gasteiger partial charge is 0.497 e. The zero-order chi connectivity index (χ0) is 25.9. The highest BCUT2D eigenvalue weighted by atomic mass is 16.5. The van der Waals surface area contributed by atoms with E-state index in [0.29, 0.717) is 37.4 Å². The molecule has 3 heterocycles. The second-order valence-electron chi connectivity index (χ2n) is 9.30. The molecule has 1 aliphatic heterocycles. The minimum absolute atomic E-state index is 0.144. The van der Waals surface area contributed by atoms with Crippen molar-refractivity contribution in [3.05, 3.63) is 88.9 Å². The van der Waals surface area contributed by atoms with Crippen LogP contribution in [0.15, 0.2) is 60.7 Å². The van der Waals surface area contributed by atoms with Gasteiger partial charge in [0.15, 0.2) is 5.69 Å². The van der Waals surface area contributed by atoms with E-state index in [4.69, 9.17) is 9.84 Å². The third kappa shape index (κ3) is 4.97. The standard InChI is InChI=1S/C28H30N6O3/c1-32(2)28(36)26-22-18-33(27(35)24-17-23(29-30-24)20-7-5-4-6-8-20)15-14-25(22)34(31-26)16-13-19-9-11-21(37-3)12-10-19/h4-12,17H,13-16,18H2,1-3H3,(H,29,30). The van der Waals surface area contributed by atoms with Crippen LogP contribution in [-0.2, 0) is 25.9 Å². The smallest absolute Gasteiger partial charge is 0.274 e. The minimum atomic E-state index is -0.165. The molecule has 0 aliphatic carbocycles. The van der Waals surface area contributed by atoms with Crippen molar-refractivity contribution < 1.29 is 14.3 Å². The summed E-state index contributed by atoms with van der Waals surface area (Å²) in [5, 5.41) is 11.9. The molecule has 0 spiro atoms. The molecule has 0 atom stereocenters. The number of fused-ring (bicyclic) bond motifs is 1. The number of aryl methyl sites for hydroxylation is 2. The highest BCUT2D eigenvalue weighted by Gasteiger charge is 2.31. The summed E-state index contributed by atoms with van der Waals surface area (Å²) < 4.78 is 7.18. The first-order valence-electron chi connectivity index (χ1n) is 12.3. The first-order chi connectivity index (χ1) is 17.9. The second-order valence-corrected chi connectivity index (χ2v) is 9.30. The number of hydrogen-bond acceptors (Lipinski definition) is 5. The van der Waals surface area contributed by atoms with E-state index in [-0.39, 0.29) is 11.8 Å². The maximum Gasteiger partial charge on any atom is 0.274 e. The predicted molar refractivity (Wildman–Crippen MR) is 139 cm³/mol. The van der Waals surface area contributed by atoms with Gasteiger partial charge in [0, 0.05) is 50.4 Å². The lowest BCUT2D eigenvalue weighted by molar-refractivity contribution is 0.0720. The topological polar surface area (TPSA) is 96.4 Å². The van der Waals surface area contributed by atoms with Gasteiger partial charge >= 0.3 is 0 Å². The quantitative estimate of drug-likeness (QED) is 0.421. The fourth-order valence-electron chi connectivity index (χ4n) is 4.62. The van der Waals surface area contributed by atoms with Gasteiger partial charge < -0.3 is 14.5 Å². The number of ether oxygens (including phenoxy) is 1. The molecule has 0 radical (unpaired) electrons. The number of carbonyl (C=O) groups is 2. The van der Waals surface area contributed by atoms with E-state index in [0.717, 1.165) is 40.2 Å². The van der Waals surface area contributed by atoms with E-state index in [1.54, 1.807) is 32.2 Å². The summed E-state index contributed by atoms with van der Waals surface area (Å²) in [6, 6.07) is 19.5. The molecule has 1 N–H and O–H groups in total. The van der Waals surface area contributed by atoms with Crippen molar-refractivity contribution >= 4 is 11.8 Å². The molecule has 37 heavy (non-hydrogen) atoms. The van der Waals surface area contributed by atoms with Gasteiger partial charge in [0.25, 0.3) is 11.8 Å². The van der Waals surface area contributed by atoms with Crippen molar-refractivity contribution in [1.29, 1.82) is 0 Å². The molecule has 2 aromatic heterocycles. The summed E-state index contributed by atoms with van der Waals surface area (Å²) >= 11 is 0. The molecule has 1 aliphatic rings. The molecule has 190 valence electrons. The van der Waals surface area contributed by atoms with Crippen LogP contribution in [0.2, 0.25) is 0 Å². The van der Waals surface area contributed by atoms with Crippen LogP contribution < -0.4 is 4.74 Å². The van der Waals surface area contributed by atoms with E-state index >= 15 is 0 Å². The van der Waals surface area contributed by atoms with Gasteiger partial charge in [-0.05, 0) is 30.2 Å². The zero-order valence-electron chi connectivity index (χ0n) is 21.3. The van der Waals surface area contributed by atoms with Crippen LogP contribution in [-0.4, -0.2) is 69.3 Å². The molecular formula is C28H30N6O3. The van der Waals surface area contributed by atoms with Crippen LogP contribution in [0.5, 0.6) is 5.75 Å². The van der Waals surface area contributed by atoms with E-state index in [2.05, 4.69) is 10.2 Å². The third-order valence-electron chi connectivity index (χ3n) is 6.68. The van der Waals surface area contributed by atoms with Crippen LogP contribution >= 0.6 is 0 Å². The number of hydrogen-bond donors (Lipinski definition) is 1. The average Bonchev–Trinajstić information content (AvgIpc) is 3.57. The Hall–Kier alpha value is -4.40. The second kappa shape index (κ2) is 10.3. The van der Waals surface area contributed by atoms with Gasteiger partial charge in [-0.15, -0.1) is 0 Å². The molecule has 4 aromatic rings. The summed E-state index contributed by atoms with van der Waals surface area (Å²) in [4.78, 5) is 29.6. The number of benzene rings is 2. The van der Waals surface area contributed by atoms with Crippen LogP contribution in [0.1, 0.15) is 37.8 Å². The summed E-state index contributed by atoms with van der Waals surface area (Å²) in [6.07, 6.45) is 1.39. The molecule has 2 aromatic carbocycles. The fourth-order valence-corrected chi connectivity index (χ4v) is 4.62. The molecule has 2 amide bonds. The first kappa shape index (κ1) is 24.3. The minimum Gasteiger partial charge on any atom is -0.497 e. The Bertz CT molecular complexity index is 1410. The molecule has 0 fully saturated rings. The summed E-state index contributed by atoms with van der Waals surface area (Å²) in [6.45, 7) is 1.50. The number of carbonyl (C=O) groups excluding carboxylic acids is 2. The van der Waals surface area contributed by atoms with E-state index in [1.165, 1.54) is 4.90 Å². The number of H-pyrrole nitrogens is 1. The normalized spacial score (nSPS) is 12.8. The van der Waals surface area contributed by atoms with E-state index in [1.807, 2.05) is 59.3 Å². The lowest BCUT2D eigenvalue weighted by Gasteiger charge is -2.27. The Morgan fingerprint density at radius 1 is 1.08 bits per heavy atom. The zero-order valence-corrected chi connectivity index (χ0v) is 21.3. The highest BCUT2D eigenvalue weighted by molar-refractivity contribution is 5.95. The van der Waals surface area contributed by atoms with Gasteiger partial charge in [0.05, 0.1) is 19.3 Å². The summed E-state index contributed by atoms with van der Waals surface area (Å²) in [5.74, 6) is 0.508. The predicted octanol–water partition coefficient (Wildman–Crippen LogP) is 3.42.